The minimum Gasteiger partial charge on any atom is -0.493 e. The molecule has 3 aromatic carbocycles. The fraction of sp³-hybridized carbons (Fsp3) is 0.500. The van der Waals surface area contributed by atoms with Crippen molar-refractivity contribution in [3.63, 3.8) is 0 Å². The summed E-state index contributed by atoms with van der Waals surface area (Å²) in [5, 5.41) is 16.4. The van der Waals surface area contributed by atoms with Crippen LogP contribution in [0, 0.1) is 24.0 Å². The maximum Gasteiger partial charge on any atom is 0.436 e. The zero-order valence-corrected chi connectivity index (χ0v) is 41.9. The first-order valence-corrected chi connectivity index (χ1v) is 24.7. The second-order valence-corrected chi connectivity index (χ2v) is 20.9. The lowest BCUT2D eigenvalue weighted by Gasteiger charge is -2.43. The number of aliphatic hydroxyl groups excluding tert-OH is 1. The summed E-state index contributed by atoms with van der Waals surface area (Å²) < 4.78 is 93.2. The van der Waals surface area contributed by atoms with Crippen molar-refractivity contribution in [2.75, 3.05) is 39.5 Å². The number of amides is 3. The van der Waals surface area contributed by atoms with E-state index in [-0.39, 0.29) is 76.1 Å². The van der Waals surface area contributed by atoms with Gasteiger partial charge in [-0.1, -0.05) is 63.2 Å². The Hall–Kier alpha value is -5.47. The van der Waals surface area contributed by atoms with Crippen LogP contribution in [0.5, 0.6) is 5.75 Å². The van der Waals surface area contributed by atoms with Gasteiger partial charge >= 0.3 is 12.0 Å². The largest absolute Gasteiger partial charge is 0.493 e. The van der Waals surface area contributed by atoms with Gasteiger partial charge in [-0.3, -0.25) is 19.3 Å². The van der Waals surface area contributed by atoms with Gasteiger partial charge in [0, 0.05) is 86.0 Å². The molecule has 71 heavy (non-hydrogen) atoms. The van der Waals surface area contributed by atoms with Crippen molar-refractivity contribution in [3.05, 3.63) is 106 Å². The molecule has 5 aromatic rings. The Morgan fingerprint density at radius 1 is 0.958 bits per heavy atom. The molecule has 0 bridgehead atoms. The normalized spacial score (nSPS) is 19.2. The number of ether oxygens (including phenoxy) is 3. The molecule has 1 saturated heterocycles. The highest BCUT2D eigenvalue weighted by Crippen LogP contribution is 2.44. The topological polar surface area (TPSA) is 158 Å². The molecular weight excluding hydrogens is 948 g/mol. The highest BCUT2D eigenvalue weighted by molar-refractivity contribution is 7.13. The molecule has 2 aliphatic rings. The second-order valence-electron chi connectivity index (χ2n) is 20.1. The minimum atomic E-state index is -4.33. The summed E-state index contributed by atoms with van der Waals surface area (Å²) in [6, 6.07) is 13.6. The SMILES string of the molecule is Cc1ncsc1-c1ccc(CNC(=O)[C@@H]2C[C@@H](O)CN2C(=O)C(NC(=O)C(F)(F)OCCCOCCCOc2cc(F)c([C@@H]3c4[nH]c5ccccc5c4C[C@@H](C)N3CC(C)(C)F)c(F)c2)C(C)(C)C)cc1. The fourth-order valence-corrected chi connectivity index (χ4v) is 10.1. The monoisotopic (exact) mass is 1010 g/mol. The lowest BCUT2D eigenvalue weighted by molar-refractivity contribution is -0.233. The van der Waals surface area contributed by atoms with Crippen molar-refractivity contribution < 1.29 is 55.7 Å². The number of carbonyl (C=O) groups is 3. The number of aromatic amines is 1. The fourth-order valence-electron chi connectivity index (χ4n) is 9.28. The maximum atomic E-state index is 16.0. The number of fused-ring (bicyclic) bond motifs is 3. The number of halogens is 5. The molecule has 1 unspecified atom stereocenters. The second kappa shape index (κ2) is 22.1. The molecule has 0 radical (unpaired) electrons. The Labute approximate surface area is 414 Å². The standard InChI is InChI=1S/C52H63F5N6O7S/c1-30-22-37-36-12-8-9-13-40(36)60-43(37)44(63(30)28-51(6,7)55)42-38(53)24-35(25-39(42)54)69-20-10-18-68-19-11-21-70-52(56,57)49(67)61-46(50(3,4)5)48(66)62-27-34(64)23-41(62)47(65)58-26-32-14-16-33(17-15-32)45-31(2)59-29-71-45/h8-9,12-17,24-25,29-30,34,41,44,46,60,64H,10-11,18-23,26-28H2,1-7H3,(H,58,65)(H,61,67)/t30-,34-,41+,44-,46?/m1/s1. The number of benzene rings is 3. The number of hydrogen-bond donors (Lipinski definition) is 4. The number of likely N-dealkylation sites (tertiary alicyclic amines) is 1. The van der Waals surface area contributed by atoms with Crippen LogP contribution in [-0.2, 0) is 36.8 Å². The van der Waals surface area contributed by atoms with Gasteiger partial charge in [0.1, 0.15) is 35.1 Å². The van der Waals surface area contributed by atoms with Crippen molar-refractivity contribution in [3.8, 4) is 16.2 Å². The van der Waals surface area contributed by atoms with Crippen molar-refractivity contribution in [1.29, 1.82) is 0 Å². The third-order valence-electron chi connectivity index (χ3n) is 12.8. The highest BCUT2D eigenvalue weighted by atomic mass is 32.1. The Balaban J connectivity index is 0.855. The van der Waals surface area contributed by atoms with Crippen LogP contribution >= 0.6 is 11.3 Å². The van der Waals surface area contributed by atoms with Gasteiger partial charge in [0.15, 0.2) is 0 Å². The van der Waals surface area contributed by atoms with E-state index in [4.69, 9.17) is 9.47 Å². The van der Waals surface area contributed by atoms with Gasteiger partial charge in [0.05, 0.1) is 41.4 Å². The van der Waals surface area contributed by atoms with Crippen molar-refractivity contribution in [2.45, 2.75) is 123 Å². The van der Waals surface area contributed by atoms with E-state index in [1.807, 2.05) is 62.4 Å². The number of para-hydroxylation sites is 1. The molecule has 0 spiro atoms. The number of thiazole rings is 1. The highest BCUT2D eigenvalue weighted by Gasteiger charge is 2.48. The molecule has 384 valence electrons. The molecule has 4 N–H and O–H groups in total. The number of H-pyrrole nitrogens is 1. The number of aliphatic hydroxyl groups is 1. The lowest BCUT2D eigenvalue weighted by atomic mass is 9.85. The van der Waals surface area contributed by atoms with Gasteiger partial charge in [-0.2, -0.15) is 8.78 Å². The number of hydrogen-bond acceptors (Lipinski definition) is 10. The first-order chi connectivity index (χ1) is 33.5. The average Bonchev–Trinajstić information content (AvgIpc) is 4.02. The maximum absolute atomic E-state index is 16.0. The van der Waals surface area contributed by atoms with Crippen LogP contribution in [0.2, 0.25) is 0 Å². The predicted octanol–water partition coefficient (Wildman–Crippen LogP) is 8.56. The molecule has 0 saturated carbocycles. The molecule has 2 aromatic heterocycles. The van der Waals surface area contributed by atoms with Gasteiger partial charge in [-0.05, 0) is 68.7 Å². The number of rotatable bonds is 20. The van der Waals surface area contributed by atoms with Crippen LogP contribution in [0.1, 0.15) is 94.9 Å². The molecule has 1 fully saturated rings. The van der Waals surface area contributed by atoms with Crippen LogP contribution in [0.15, 0.2) is 66.2 Å². The van der Waals surface area contributed by atoms with Crippen LogP contribution < -0.4 is 15.4 Å². The number of nitrogens with one attached hydrogen (secondary N) is 3. The first kappa shape index (κ1) is 53.3. The van der Waals surface area contributed by atoms with Gasteiger partial charge in [-0.25, -0.2) is 18.2 Å². The molecule has 13 nitrogen and oxygen atoms in total. The number of nitrogens with zero attached hydrogens (tertiary/aromatic N) is 3. The van der Waals surface area contributed by atoms with E-state index < -0.39 is 77.4 Å². The van der Waals surface area contributed by atoms with Gasteiger partial charge in [-0.15, -0.1) is 11.3 Å². The van der Waals surface area contributed by atoms with E-state index in [1.165, 1.54) is 25.2 Å². The molecule has 2 aliphatic heterocycles. The summed E-state index contributed by atoms with van der Waals surface area (Å²) in [4.78, 5) is 51.9. The van der Waals surface area contributed by atoms with E-state index in [9.17, 15) is 19.5 Å². The summed E-state index contributed by atoms with van der Waals surface area (Å²) in [6.07, 6.45) is -4.64. The van der Waals surface area contributed by atoms with E-state index in [0.29, 0.717) is 12.1 Å². The number of alkyl halides is 3. The number of aryl methyl sites for hydroxylation is 1. The number of aromatic nitrogens is 2. The van der Waals surface area contributed by atoms with Crippen molar-refractivity contribution in [1.82, 2.24) is 30.4 Å². The van der Waals surface area contributed by atoms with Crippen LogP contribution in [0.4, 0.5) is 22.0 Å². The zero-order chi connectivity index (χ0) is 51.4. The van der Waals surface area contributed by atoms with E-state index >= 15 is 22.0 Å². The summed E-state index contributed by atoms with van der Waals surface area (Å²) in [5.41, 5.74) is 3.87. The summed E-state index contributed by atoms with van der Waals surface area (Å²) in [6.45, 7) is 10.8. The summed E-state index contributed by atoms with van der Waals surface area (Å²) in [5.74, 6) is -4.94. The van der Waals surface area contributed by atoms with E-state index in [0.717, 1.165) is 55.2 Å². The molecule has 3 amide bonds. The number of β-amino-alcohol motifs (C(OH)–C–C–N with tert-alkyl or cyclic N) is 1. The van der Waals surface area contributed by atoms with Crippen molar-refractivity contribution >= 4 is 40.0 Å². The van der Waals surface area contributed by atoms with E-state index in [1.54, 1.807) is 31.2 Å². The number of carbonyl (C=O) groups excluding carboxylic acids is 3. The summed E-state index contributed by atoms with van der Waals surface area (Å²) in [7, 11) is 0. The Kier molecular flexibility index (Phi) is 16.6. The van der Waals surface area contributed by atoms with E-state index in [2.05, 4.69) is 25.3 Å². The van der Waals surface area contributed by atoms with Gasteiger partial charge in [0.2, 0.25) is 11.8 Å². The molecule has 5 atom stereocenters. The molecule has 0 aliphatic carbocycles. The quantitative estimate of drug-likeness (QED) is 0.0443. The van der Waals surface area contributed by atoms with Crippen LogP contribution in [0.3, 0.4) is 0 Å². The third kappa shape index (κ3) is 12.8. The van der Waals surface area contributed by atoms with Gasteiger partial charge < -0.3 is 39.8 Å². The molecule has 4 heterocycles. The minimum absolute atomic E-state index is 0.0143. The smallest absolute Gasteiger partial charge is 0.436 e. The molecule has 7 rings (SSSR count). The lowest BCUT2D eigenvalue weighted by Crippen LogP contribution is -2.60. The average molecular weight is 1010 g/mol. The Morgan fingerprint density at radius 3 is 2.28 bits per heavy atom. The Morgan fingerprint density at radius 2 is 1.63 bits per heavy atom. The third-order valence-corrected chi connectivity index (χ3v) is 13.7. The Bertz CT molecular complexity index is 2640. The summed E-state index contributed by atoms with van der Waals surface area (Å²) >= 11 is 1.52. The van der Waals surface area contributed by atoms with Crippen LogP contribution in [-0.4, -0.2) is 118 Å². The van der Waals surface area contributed by atoms with Gasteiger partial charge in [0.25, 0.3) is 0 Å². The zero-order valence-electron chi connectivity index (χ0n) is 41.1. The molecular formula is C52H63F5N6O7S. The predicted molar refractivity (Wildman–Crippen MR) is 260 cm³/mol. The first-order valence-electron chi connectivity index (χ1n) is 23.8. The molecule has 19 heteroatoms. The van der Waals surface area contributed by atoms with Crippen LogP contribution in [0.25, 0.3) is 21.3 Å². The van der Waals surface area contributed by atoms with Crippen molar-refractivity contribution in [2.24, 2.45) is 5.41 Å².